The van der Waals surface area contributed by atoms with Gasteiger partial charge in [-0.3, -0.25) is 9.59 Å². The normalized spacial score (nSPS) is 14.5. The van der Waals surface area contributed by atoms with E-state index < -0.39 is 0 Å². The van der Waals surface area contributed by atoms with Crippen molar-refractivity contribution in [3.8, 4) is 0 Å². The molecule has 1 N–H and O–H groups in total. The molecule has 16 heavy (non-hydrogen) atoms. The Balaban J connectivity index is 2.55. The van der Waals surface area contributed by atoms with Crippen molar-refractivity contribution in [3.63, 3.8) is 0 Å². The van der Waals surface area contributed by atoms with Crippen LogP contribution in [0.15, 0.2) is 12.1 Å². The Hall–Kier alpha value is -1.35. The van der Waals surface area contributed by atoms with Gasteiger partial charge < -0.3 is 5.32 Å². The summed E-state index contributed by atoms with van der Waals surface area (Å²) in [5.41, 5.74) is 2.04. The molecule has 0 atom stereocenters. The number of rotatable bonds is 1. The second kappa shape index (κ2) is 4.26. The molecule has 0 radical (unpaired) electrons. The number of hydrogen-bond acceptors (Lipinski definition) is 2. The standard InChI is InChI=1S/C12H12ClNO2/c1-7(15)14-10-6-5-9(13)8-3-2-4-11(16)12(8)10/h5-6H,2-4H2,1H3,(H,14,15). The van der Waals surface area contributed by atoms with E-state index in [9.17, 15) is 9.59 Å². The molecule has 1 aliphatic carbocycles. The summed E-state index contributed by atoms with van der Waals surface area (Å²) < 4.78 is 0. The molecule has 3 nitrogen and oxygen atoms in total. The number of halogens is 1. The Morgan fingerprint density at radius 1 is 1.38 bits per heavy atom. The predicted molar refractivity (Wildman–Crippen MR) is 63.0 cm³/mol. The van der Waals surface area contributed by atoms with Crippen LogP contribution in [0, 0.1) is 0 Å². The van der Waals surface area contributed by atoms with Crippen molar-refractivity contribution < 1.29 is 9.59 Å². The van der Waals surface area contributed by atoms with E-state index in [2.05, 4.69) is 5.32 Å². The number of carbonyl (C=O) groups is 2. The number of nitrogens with one attached hydrogen (secondary N) is 1. The summed E-state index contributed by atoms with van der Waals surface area (Å²) in [6.07, 6.45) is 2.16. The van der Waals surface area contributed by atoms with E-state index >= 15 is 0 Å². The van der Waals surface area contributed by atoms with Crippen LogP contribution < -0.4 is 5.32 Å². The number of ketones is 1. The zero-order chi connectivity index (χ0) is 11.7. The summed E-state index contributed by atoms with van der Waals surface area (Å²) in [6.45, 7) is 1.42. The van der Waals surface area contributed by atoms with Crippen LogP contribution in [-0.2, 0) is 11.2 Å². The molecular formula is C12H12ClNO2. The molecule has 2 rings (SSSR count). The molecule has 0 spiro atoms. The highest BCUT2D eigenvalue weighted by Crippen LogP contribution is 2.33. The average molecular weight is 238 g/mol. The van der Waals surface area contributed by atoms with E-state index in [1.165, 1.54) is 6.92 Å². The monoisotopic (exact) mass is 237 g/mol. The molecule has 0 aliphatic heterocycles. The van der Waals surface area contributed by atoms with Gasteiger partial charge in [-0.05, 0) is 30.5 Å². The molecular weight excluding hydrogens is 226 g/mol. The summed E-state index contributed by atoms with van der Waals surface area (Å²) in [7, 11) is 0. The quantitative estimate of drug-likeness (QED) is 0.816. The number of amides is 1. The number of carbonyl (C=O) groups excluding carboxylic acids is 2. The van der Waals surface area contributed by atoms with Crippen molar-refractivity contribution in [2.45, 2.75) is 26.2 Å². The lowest BCUT2D eigenvalue weighted by Gasteiger charge is -2.19. The highest BCUT2D eigenvalue weighted by atomic mass is 35.5. The molecule has 0 saturated carbocycles. The van der Waals surface area contributed by atoms with Crippen LogP contribution in [0.25, 0.3) is 0 Å². The van der Waals surface area contributed by atoms with Gasteiger partial charge in [0.2, 0.25) is 5.91 Å². The van der Waals surface area contributed by atoms with Gasteiger partial charge in [-0.15, -0.1) is 0 Å². The van der Waals surface area contributed by atoms with Gasteiger partial charge in [-0.2, -0.15) is 0 Å². The molecule has 0 fully saturated rings. The van der Waals surface area contributed by atoms with E-state index in [0.717, 1.165) is 18.4 Å². The molecule has 84 valence electrons. The van der Waals surface area contributed by atoms with Crippen LogP contribution in [0.3, 0.4) is 0 Å². The first kappa shape index (κ1) is 11.1. The third-order valence-corrected chi connectivity index (χ3v) is 3.03. The lowest BCUT2D eigenvalue weighted by Crippen LogP contribution is -2.17. The number of Topliss-reactive ketones (excluding diaryl/α,β-unsaturated/α-hetero) is 1. The van der Waals surface area contributed by atoms with Crippen LogP contribution in [0.5, 0.6) is 0 Å². The predicted octanol–water partition coefficient (Wildman–Crippen LogP) is 2.82. The minimum Gasteiger partial charge on any atom is -0.326 e. The lowest BCUT2D eigenvalue weighted by molar-refractivity contribution is -0.114. The van der Waals surface area contributed by atoms with Gasteiger partial charge in [-0.25, -0.2) is 0 Å². The van der Waals surface area contributed by atoms with Gasteiger partial charge in [0.1, 0.15) is 0 Å². The van der Waals surface area contributed by atoms with E-state index in [4.69, 9.17) is 11.6 Å². The fourth-order valence-electron chi connectivity index (χ4n) is 2.03. The molecule has 0 aromatic heterocycles. The summed E-state index contributed by atoms with van der Waals surface area (Å²) in [5.74, 6) is -0.115. The summed E-state index contributed by atoms with van der Waals surface area (Å²) in [4.78, 5) is 22.9. The summed E-state index contributed by atoms with van der Waals surface area (Å²) in [6, 6.07) is 3.41. The zero-order valence-electron chi connectivity index (χ0n) is 8.97. The van der Waals surface area contributed by atoms with E-state index in [0.29, 0.717) is 22.7 Å². The molecule has 1 aliphatic rings. The number of anilines is 1. The van der Waals surface area contributed by atoms with E-state index in [1.807, 2.05) is 0 Å². The Kier molecular flexibility index (Phi) is 2.97. The molecule has 1 amide bonds. The van der Waals surface area contributed by atoms with E-state index in [1.54, 1.807) is 12.1 Å². The SMILES string of the molecule is CC(=O)Nc1ccc(Cl)c2c1C(=O)CCC2. The minimum absolute atomic E-state index is 0.0625. The van der Waals surface area contributed by atoms with Crippen LogP contribution in [0.2, 0.25) is 5.02 Å². The van der Waals surface area contributed by atoms with Crippen LogP contribution >= 0.6 is 11.6 Å². The van der Waals surface area contributed by atoms with Crippen molar-refractivity contribution >= 4 is 29.0 Å². The Bertz CT molecular complexity index is 468. The molecule has 0 saturated heterocycles. The first-order valence-corrected chi connectivity index (χ1v) is 5.59. The van der Waals surface area contributed by atoms with Crippen LogP contribution in [0.1, 0.15) is 35.7 Å². The van der Waals surface area contributed by atoms with Gasteiger partial charge in [0, 0.05) is 23.9 Å². The van der Waals surface area contributed by atoms with Crippen LogP contribution in [-0.4, -0.2) is 11.7 Å². The van der Waals surface area contributed by atoms with Gasteiger partial charge in [0.25, 0.3) is 0 Å². The Labute approximate surface area is 98.8 Å². The molecule has 0 unspecified atom stereocenters. The number of fused-ring (bicyclic) bond motifs is 1. The maximum atomic E-state index is 11.8. The first-order chi connectivity index (χ1) is 7.59. The average Bonchev–Trinajstić information content (AvgIpc) is 2.22. The molecule has 0 heterocycles. The second-order valence-corrected chi connectivity index (χ2v) is 4.31. The van der Waals surface area contributed by atoms with Crippen LogP contribution in [0.4, 0.5) is 5.69 Å². The molecule has 1 aromatic carbocycles. The molecule has 0 bridgehead atoms. The highest BCUT2D eigenvalue weighted by Gasteiger charge is 2.23. The molecule has 4 heteroatoms. The van der Waals surface area contributed by atoms with Gasteiger partial charge in [0.05, 0.1) is 5.69 Å². The summed E-state index contributed by atoms with van der Waals surface area (Å²) >= 11 is 6.05. The van der Waals surface area contributed by atoms with Gasteiger partial charge >= 0.3 is 0 Å². The highest BCUT2D eigenvalue weighted by molar-refractivity contribution is 6.32. The van der Waals surface area contributed by atoms with Crippen molar-refractivity contribution in [1.29, 1.82) is 0 Å². The Morgan fingerprint density at radius 2 is 2.12 bits per heavy atom. The molecule has 1 aromatic rings. The zero-order valence-corrected chi connectivity index (χ0v) is 9.73. The van der Waals surface area contributed by atoms with Crippen molar-refractivity contribution in [2.24, 2.45) is 0 Å². The van der Waals surface area contributed by atoms with Crippen molar-refractivity contribution in [2.75, 3.05) is 5.32 Å². The topological polar surface area (TPSA) is 46.2 Å². The van der Waals surface area contributed by atoms with Crippen molar-refractivity contribution in [1.82, 2.24) is 0 Å². The Morgan fingerprint density at radius 3 is 2.81 bits per heavy atom. The third-order valence-electron chi connectivity index (χ3n) is 2.68. The van der Waals surface area contributed by atoms with Gasteiger partial charge in [0.15, 0.2) is 5.78 Å². The smallest absolute Gasteiger partial charge is 0.221 e. The largest absolute Gasteiger partial charge is 0.326 e. The van der Waals surface area contributed by atoms with Crippen molar-refractivity contribution in [3.05, 3.63) is 28.3 Å². The fourth-order valence-corrected chi connectivity index (χ4v) is 2.28. The maximum Gasteiger partial charge on any atom is 0.221 e. The maximum absolute atomic E-state index is 11.8. The fraction of sp³-hybridized carbons (Fsp3) is 0.333. The van der Waals surface area contributed by atoms with Gasteiger partial charge in [-0.1, -0.05) is 11.6 Å². The van der Waals surface area contributed by atoms with E-state index in [-0.39, 0.29) is 11.7 Å². The lowest BCUT2D eigenvalue weighted by atomic mass is 9.89. The minimum atomic E-state index is -0.178. The number of benzene rings is 1. The third kappa shape index (κ3) is 1.95. The second-order valence-electron chi connectivity index (χ2n) is 3.91. The summed E-state index contributed by atoms with van der Waals surface area (Å²) in [5, 5.41) is 3.28. The first-order valence-electron chi connectivity index (χ1n) is 5.22. The number of hydrogen-bond donors (Lipinski definition) is 1.